The SMILES string of the molecule is COc1cc2nccc(Oc3ccc(N(Cc4ccc(C(F)(F)F)cc4)C(=O)O)c(C)c3C)c2cc1OC. The molecule has 0 fully saturated rings. The van der Waals surface area contributed by atoms with Crippen molar-refractivity contribution in [3.63, 3.8) is 0 Å². The van der Waals surface area contributed by atoms with Crippen molar-refractivity contribution >= 4 is 22.7 Å². The monoisotopic (exact) mass is 526 g/mol. The Morgan fingerprint density at radius 3 is 2.16 bits per heavy atom. The van der Waals surface area contributed by atoms with E-state index in [1.54, 1.807) is 50.4 Å². The molecule has 0 atom stereocenters. The molecular weight excluding hydrogens is 501 g/mol. The molecule has 0 saturated heterocycles. The molecule has 0 saturated carbocycles. The van der Waals surface area contributed by atoms with Crippen LogP contribution in [0.25, 0.3) is 10.9 Å². The molecular formula is C28H25F3N2O5. The smallest absolute Gasteiger partial charge is 0.416 e. The lowest BCUT2D eigenvalue weighted by molar-refractivity contribution is -0.137. The van der Waals surface area contributed by atoms with Crippen LogP contribution in [0.3, 0.4) is 0 Å². The van der Waals surface area contributed by atoms with Gasteiger partial charge in [-0.05, 0) is 66.9 Å². The highest BCUT2D eigenvalue weighted by atomic mass is 19.4. The van der Waals surface area contributed by atoms with Gasteiger partial charge in [-0.1, -0.05) is 12.1 Å². The maximum atomic E-state index is 12.9. The minimum atomic E-state index is -4.47. The number of amides is 1. The molecule has 0 spiro atoms. The van der Waals surface area contributed by atoms with E-state index in [-0.39, 0.29) is 6.54 Å². The zero-order valence-electron chi connectivity index (χ0n) is 21.1. The van der Waals surface area contributed by atoms with Crippen LogP contribution in [-0.4, -0.2) is 30.4 Å². The van der Waals surface area contributed by atoms with Crippen molar-refractivity contribution in [1.82, 2.24) is 4.98 Å². The average Bonchev–Trinajstić information content (AvgIpc) is 2.89. The van der Waals surface area contributed by atoms with Crippen LogP contribution in [0.15, 0.2) is 60.8 Å². The van der Waals surface area contributed by atoms with Crippen molar-refractivity contribution in [3.8, 4) is 23.0 Å². The van der Waals surface area contributed by atoms with E-state index in [1.807, 2.05) is 0 Å². The number of methoxy groups -OCH3 is 2. The normalized spacial score (nSPS) is 11.3. The third-order valence-electron chi connectivity index (χ3n) is 6.28. The number of ether oxygens (including phenoxy) is 3. The fourth-order valence-corrected chi connectivity index (χ4v) is 4.08. The second kappa shape index (κ2) is 10.5. The summed E-state index contributed by atoms with van der Waals surface area (Å²) in [6, 6.07) is 12.9. The number of rotatable bonds is 7. The van der Waals surface area contributed by atoms with Gasteiger partial charge in [0.1, 0.15) is 11.5 Å². The first kappa shape index (κ1) is 26.6. The summed E-state index contributed by atoms with van der Waals surface area (Å²) in [5.41, 5.74) is 2.01. The van der Waals surface area contributed by atoms with Gasteiger partial charge in [0.2, 0.25) is 0 Å². The number of carbonyl (C=O) groups is 1. The summed E-state index contributed by atoms with van der Waals surface area (Å²) in [6.45, 7) is 3.45. The molecule has 1 aromatic heterocycles. The standard InChI is InChI=1S/C28H25F3N2O5/c1-16-17(2)23(38-24-11-12-32-21-14-26(37-4)25(36-3)13-20(21)24)10-9-22(16)33(27(34)35)15-18-5-7-19(8-6-18)28(29,30)31/h5-14H,15H2,1-4H3,(H,34,35). The predicted molar refractivity (Wildman–Crippen MR) is 136 cm³/mol. The second-order valence-electron chi connectivity index (χ2n) is 8.53. The lowest BCUT2D eigenvalue weighted by Gasteiger charge is -2.24. The van der Waals surface area contributed by atoms with Gasteiger partial charge >= 0.3 is 12.3 Å². The van der Waals surface area contributed by atoms with Crippen molar-refractivity contribution in [2.24, 2.45) is 0 Å². The molecule has 10 heteroatoms. The number of hydrogen-bond acceptors (Lipinski definition) is 5. The zero-order chi connectivity index (χ0) is 27.6. The Kier molecular flexibility index (Phi) is 7.34. The lowest BCUT2D eigenvalue weighted by Crippen LogP contribution is -2.29. The summed E-state index contributed by atoms with van der Waals surface area (Å²) < 4.78 is 55.7. The summed E-state index contributed by atoms with van der Waals surface area (Å²) >= 11 is 0. The summed E-state index contributed by atoms with van der Waals surface area (Å²) in [6.07, 6.45) is -4.09. The number of aromatic nitrogens is 1. The maximum absolute atomic E-state index is 12.9. The summed E-state index contributed by atoms with van der Waals surface area (Å²) in [4.78, 5) is 17.6. The van der Waals surface area contributed by atoms with Crippen molar-refractivity contribution < 1.29 is 37.3 Å². The van der Waals surface area contributed by atoms with Crippen LogP contribution < -0.4 is 19.1 Å². The fourth-order valence-electron chi connectivity index (χ4n) is 4.08. The number of fused-ring (bicyclic) bond motifs is 1. The number of halogens is 3. The second-order valence-corrected chi connectivity index (χ2v) is 8.53. The number of nitrogens with zero attached hydrogens (tertiary/aromatic N) is 2. The molecule has 7 nitrogen and oxygen atoms in total. The third-order valence-corrected chi connectivity index (χ3v) is 6.28. The van der Waals surface area contributed by atoms with Crippen LogP contribution >= 0.6 is 0 Å². The van der Waals surface area contributed by atoms with Gasteiger partial charge in [0.25, 0.3) is 0 Å². The van der Waals surface area contributed by atoms with Gasteiger partial charge in [0.15, 0.2) is 11.5 Å². The fraction of sp³-hybridized carbons (Fsp3) is 0.214. The summed E-state index contributed by atoms with van der Waals surface area (Å²) in [5.74, 6) is 2.07. The van der Waals surface area contributed by atoms with Gasteiger partial charge in [0, 0.05) is 17.6 Å². The van der Waals surface area contributed by atoms with Gasteiger partial charge in [0.05, 0.1) is 37.5 Å². The van der Waals surface area contributed by atoms with Crippen LogP contribution in [0.2, 0.25) is 0 Å². The van der Waals surface area contributed by atoms with E-state index < -0.39 is 17.8 Å². The molecule has 1 heterocycles. The van der Waals surface area contributed by atoms with Crippen molar-refractivity contribution in [1.29, 1.82) is 0 Å². The van der Waals surface area contributed by atoms with E-state index in [1.165, 1.54) is 26.4 Å². The summed E-state index contributed by atoms with van der Waals surface area (Å²) in [7, 11) is 3.07. The molecule has 0 aliphatic heterocycles. The van der Waals surface area contributed by atoms with Gasteiger partial charge in [-0.25, -0.2) is 4.79 Å². The Bertz CT molecular complexity index is 1490. The molecule has 1 amide bonds. The van der Waals surface area contributed by atoms with Crippen LogP contribution in [0.5, 0.6) is 23.0 Å². The van der Waals surface area contributed by atoms with Crippen molar-refractivity contribution in [2.45, 2.75) is 26.6 Å². The minimum absolute atomic E-state index is 0.120. The molecule has 1 N–H and O–H groups in total. The molecule has 0 bridgehead atoms. The molecule has 0 unspecified atom stereocenters. The molecule has 3 aromatic carbocycles. The van der Waals surface area contributed by atoms with Gasteiger partial charge in [-0.2, -0.15) is 13.2 Å². The molecule has 38 heavy (non-hydrogen) atoms. The maximum Gasteiger partial charge on any atom is 0.416 e. The topological polar surface area (TPSA) is 81.1 Å². The van der Waals surface area contributed by atoms with Gasteiger partial charge in [-0.15, -0.1) is 0 Å². The molecule has 198 valence electrons. The van der Waals surface area contributed by atoms with Crippen molar-refractivity contribution in [2.75, 3.05) is 19.1 Å². The first-order valence-electron chi connectivity index (χ1n) is 11.5. The lowest BCUT2D eigenvalue weighted by atomic mass is 10.0. The number of carboxylic acid groups (broad SMARTS) is 1. The first-order valence-corrected chi connectivity index (χ1v) is 11.5. The first-order chi connectivity index (χ1) is 18.0. The minimum Gasteiger partial charge on any atom is -0.493 e. The number of alkyl halides is 3. The van der Waals surface area contributed by atoms with Crippen LogP contribution in [0.4, 0.5) is 23.7 Å². The van der Waals surface area contributed by atoms with Crippen LogP contribution in [0.1, 0.15) is 22.3 Å². The van der Waals surface area contributed by atoms with Crippen LogP contribution in [0, 0.1) is 13.8 Å². The Morgan fingerprint density at radius 2 is 1.55 bits per heavy atom. The largest absolute Gasteiger partial charge is 0.493 e. The number of anilines is 1. The van der Waals surface area contributed by atoms with E-state index in [9.17, 15) is 23.1 Å². The van der Waals surface area contributed by atoms with E-state index in [4.69, 9.17) is 14.2 Å². The molecule has 0 aliphatic carbocycles. The highest BCUT2D eigenvalue weighted by molar-refractivity contribution is 5.89. The Morgan fingerprint density at radius 1 is 0.895 bits per heavy atom. The molecule has 0 aliphatic rings. The van der Waals surface area contributed by atoms with E-state index >= 15 is 0 Å². The number of benzene rings is 3. The molecule has 0 radical (unpaired) electrons. The highest BCUT2D eigenvalue weighted by Crippen LogP contribution is 2.39. The summed E-state index contributed by atoms with van der Waals surface area (Å²) in [5, 5.41) is 10.6. The average molecular weight is 527 g/mol. The Hall–Kier alpha value is -4.47. The number of hydrogen-bond donors (Lipinski definition) is 1. The molecule has 4 aromatic rings. The quantitative estimate of drug-likeness (QED) is 0.271. The molecule has 4 rings (SSSR count). The zero-order valence-corrected chi connectivity index (χ0v) is 21.1. The van der Waals surface area contributed by atoms with E-state index in [0.29, 0.717) is 56.3 Å². The van der Waals surface area contributed by atoms with E-state index in [2.05, 4.69) is 4.98 Å². The van der Waals surface area contributed by atoms with Crippen LogP contribution in [-0.2, 0) is 12.7 Å². The van der Waals surface area contributed by atoms with E-state index in [0.717, 1.165) is 17.0 Å². The van der Waals surface area contributed by atoms with Gasteiger partial charge in [-0.3, -0.25) is 9.88 Å². The highest BCUT2D eigenvalue weighted by Gasteiger charge is 2.30. The third kappa shape index (κ3) is 5.29. The van der Waals surface area contributed by atoms with Gasteiger partial charge < -0.3 is 19.3 Å². The Balaban J connectivity index is 1.65. The Labute approximate surface area is 217 Å². The predicted octanol–water partition coefficient (Wildman–Crippen LogP) is 7.36. The number of pyridine rings is 1. The van der Waals surface area contributed by atoms with Crippen molar-refractivity contribution in [3.05, 3.63) is 83.0 Å².